The van der Waals surface area contributed by atoms with Crippen molar-refractivity contribution < 1.29 is 14.3 Å². The quantitative estimate of drug-likeness (QED) is 0.673. The van der Waals surface area contributed by atoms with Gasteiger partial charge in [0.2, 0.25) is 11.9 Å². The Balaban J connectivity index is 1.80. The molecule has 3 N–H and O–H groups in total. The number of anilines is 2. The SMILES string of the molecule is CCOC(=O)CNc1ncc([C@@H]2CC(=O)Nc3n[nH]c(C(C)C)c32)cn1. The Labute approximate surface area is 151 Å². The summed E-state index contributed by atoms with van der Waals surface area (Å²) in [6, 6.07) is 0. The van der Waals surface area contributed by atoms with E-state index in [1.165, 1.54) is 0 Å². The van der Waals surface area contributed by atoms with Gasteiger partial charge in [0.05, 0.1) is 6.61 Å². The number of hydrogen-bond donors (Lipinski definition) is 3. The number of nitrogens with one attached hydrogen (secondary N) is 3. The molecule has 0 fully saturated rings. The second-order valence-electron chi connectivity index (χ2n) is 6.36. The number of amides is 1. The Morgan fingerprint density at radius 1 is 1.38 bits per heavy atom. The van der Waals surface area contributed by atoms with Gasteiger partial charge in [0.25, 0.3) is 0 Å². The second kappa shape index (κ2) is 7.51. The number of aromatic amines is 1. The lowest BCUT2D eigenvalue weighted by Gasteiger charge is -2.23. The number of ether oxygens (including phenoxy) is 1. The van der Waals surface area contributed by atoms with Crippen molar-refractivity contribution in [1.29, 1.82) is 0 Å². The van der Waals surface area contributed by atoms with Crippen molar-refractivity contribution in [1.82, 2.24) is 20.2 Å². The Kier molecular flexibility index (Phi) is 5.15. The summed E-state index contributed by atoms with van der Waals surface area (Å²) in [5.74, 6) is 0.532. The molecule has 2 aromatic rings. The molecule has 1 aliphatic heterocycles. The molecule has 9 heteroatoms. The van der Waals surface area contributed by atoms with Gasteiger partial charge in [-0.3, -0.25) is 14.7 Å². The van der Waals surface area contributed by atoms with Gasteiger partial charge in [-0.2, -0.15) is 5.10 Å². The van der Waals surface area contributed by atoms with E-state index >= 15 is 0 Å². The van der Waals surface area contributed by atoms with Crippen LogP contribution in [0.1, 0.15) is 55.8 Å². The molecule has 0 saturated carbocycles. The maximum absolute atomic E-state index is 12.0. The number of carbonyl (C=O) groups excluding carboxylic acids is 2. The predicted octanol–water partition coefficient (Wildman–Crippen LogP) is 1.77. The van der Waals surface area contributed by atoms with Gasteiger partial charge < -0.3 is 15.4 Å². The number of fused-ring (bicyclic) bond motifs is 1. The zero-order valence-electron chi connectivity index (χ0n) is 15.0. The number of rotatable bonds is 6. The molecule has 3 rings (SSSR count). The van der Waals surface area contributed by atoms with Crippen LogP contribution in [-0.4, -0.2) is 45.2 Å². The average Bonchev–Trinajstić information content (AvgIpc) is 3.04. The first kappa shape index (κ1) is 17.8. The summed E-state index contributed by atoms with van der Waals surface area (Å²) in [6.45, 7) is 6.22. The summed E-state index contributed by atoms with van der Waals surface area (Å²) in [7, 11) is 0. The number of aromatic nitrogens is 4. The number of nitrogens with zero attached hydrogens (tertiary/aromatic N) is 3. The van der Waals surface area contributed by atoms with Gasteiger partial charge in [-0.1, -0.05) is 13.8 Å². The third-order valence-electron chi connectivity index (χ3n) is 4.18. The van der Waals surface area contributed by atoms with Crippen LogP contribution in [0.5, 0.6) is 0 Å². The van der Waals surface area contributed by atoms with Crippen LogP contribution in [0.25, 0.3) is 0 Å². The first-order valence-electron chi connectivity index (χ1n) is 8.59. The van der Waals surface area contributed by atoms with Crippen molar-refractivity contribution in [3.8, 4) is 0 Å². The largest absolute Gasteiger partial charge is 0.465 e. The van der Waals surface area contributed by atoms with Crippen molar-refractivity contribution in [2.75, 3.05) is 23.8 Å². The normalized spacial score (nSPS) is 16.2. The van der Waals surface area contributed by atoms with Gasteiger partial charge in [0.15, 0.2) is 5.82 Å². The molecule has 0 bridgehead atoms. The molecular formula is C17H22N6O3. The highest BCUT2D eigenvalue weighted by atomic mass is 16.5. The highest BCUT2D eigenvalue weighted by Gasteiger charge is 2.32. The van der Waals surface area contributed by atoms with Crippen LogP contribution >= 0.6 is 0 Å². The van der Waals surface area contributed by atoms with Crippen LogP contribution in [0.3, 0.4) is 0 Å². The first-order valence-corrected chi connectivity index (χ1v) is 8.59. The Hall–Kier alpha value is -2.97. The van der Waals surface area contributed by atoms with Crippen molar-refractivity contribution in [3.63, 3.8) is 0 Å². The smallest absolute Gasteiger partial charge is 0.325 e. The van der Waals surface area contributed by atoms with Crippen LogP contribution in [-0.2, 0) is 14.3 Å². The van der Waals surface area contributed by atoms with Gasteiger partial charge in [-0.05, 0) is 18.4 Å². The fourth-order valence-electron chi connectivity index (χ4n) is 2.98. The summed E-state index contributed by atoms with van der Waals surface area (Å²) >= 11 is 0. The molecule has 9 nitrogen and oxygen atoms in total. The minimum atomic E-state index is -0.367. The molecule has 0 radical (unpaired) electrons. The summed E-state index contributed by atoms with van der Waals surface area (Å²) < 4.78 is 4.85. The standard InChI is InChI=1S/C17H22N6O3/c1-4-26-13(25)8-20-17-18-6-10(7-19-17)11-5-12(24)21-16-14(11)15(9(2)3)22-23-16/h6-7,9,11H,4-5,8H2,1-3H3,(H,18,19,20)(H2,21,22,23,24)/t11-/m0/s1. The van der Waals surface area contributed by atoms with Crippen LogP contribution in [0.4, 0.5) is 11.8 Å². The number of carbonyl (C=O) groups is 2. The lowest BCUT2D eigenvalue weighted by Crippen LogP contribution is -2.24. The molecule has 1 amide bonds. The van der Waals surface area contributed by atoms with Gasteiger partial charge in [0.1, 0.15) is 6.54 Å². The van der Waals surface area contributed by atoms with Crippen LogP contribution in [0.2, 0.25) is 0 Å². The average molecular weight is 358 g/mol. The molecule has 2 aromatic heterocycles. The van der Waals surface area contributed by atoms with E-state index < -0.39 is 0 Å². The molecule has 0 unspecified atom stereocenters. The van der Waals surface area contributed by atoms with Crippen LogP contribution < -0.4 is 10.6 Å². The highest BCUT2D eigenvalue weighted by molar-refractivity contribution is 5.94. The monoisotopic (exact) mass is 358 g/mol. The molecule has 3 heterocycles. The molecular weight excluding hydrogens is 336 g/mol. The van der Waals surface area contributed by atoms with Crippen molar-refractivity contribution in [2.45, 2.75) is 39.0 Å². The van der Waals surface area contributed by atoms with Crippen molar-refractivity contribution in [2.24, 2.45) is 0 Å². The van der Waals surface area contributed by atoms with Crippen molar-refractivity contribution >= 4 is 23.6 Å². The third-order valence-corrected chi connectivity index (χ3v) is 4.18. The van der Waals surface area contributed by atoms with Gasteiger partial charge in [-0.25, -0.2) is 9.97 Å². The van der Waals surface area contributed by atoms with Crippen LogP contribution in [0, 0.1) is 0 Å². The molecule has 0 spiro atoms. The number of hydrogen-bond acceptors (Lipinski definition) is 7. The Morgan fingerprint density at radius 3 is 2.77 bits per heavy atom. The maximum Gasteiger partial charge on any atom is 0.325 e. The zero-order chi connectivity index (χ0) is 18.7. The summed E-state index contributed by atoms with van der Waals surface area (Å²) in [5, 5.41) is 12.9. The Morgan fingerprint density at radius 2 is 2.12 bits per heavy atom. The van der Waals surface area contributed by atoms with E-state index in [1.807, 2.05) is 0 Å². The van der Waals surface area contributed by atoms with Gasteiger partial charge in [0, 0.05) is 36.0 Å². The molecule has 1 aliphatic rings. The van der Waals surface area contributed by atoms with E-state index in [1.54, 1.807) is 19.3 Å². The maximum atomic E-state index is 12.0. The number of H-pyrrole nitrogens is 1. The zero-order valence-corrected chi connectivity index (χ0v) is 15.0. The van der Waals surface area contributed by atoms with Crippen LogP contribution in [0.15, 0.2) is 12.4 Å². The van der Waals surface area contributed by atoms with Gasteiger partial charge >= 0.3 is 5.97 Å². The predicted molar refractivity (Wildman–Crippen MR) is 94.9 cm³/mol. The fourth-order valence-corrected chi connectivity index (χ4v) is 2.98. The summed E-state index contributed by atoms with van der Waals surface area (Å²) in [4.78, 5) is 31.9. The topological polar surface area (TPSA) is 122 Å². The fraction of sp³-hybridized carbons (Fsp3) is 0.471. The molecule has 138 valence electrons. The highest BCUT2D eigenvalue weighted by Crippen LogP contribution is 2.39. The lowest BCUT2D eigenvalue weighted by atomic mass is 9.85. The minimum Gasteiger partial charge on any atom is -0.465 e. The number of esters is 1. The van der Waals surface area contributed by atoms with E-state index in [2.05, 4.69) is 44.6 Å². The molecule has 0 saturated heterocycles. The van der Waals surface area contributed by atoms with E-state index in [0.29, 0.717) is 24.8 Å². The minimum absolute atomic E-state index is 0.00238. The summed E-state index contributed by atoms with van der Waals surface area (Å²) in [6.07, 6.45) is 3.65. The van der Waals surface area contributed by atoms with Gasteiger partial charge in [-0.15, -0.1) is 0 Å². The van der Waals surface area contributed by atoms with E-state index in [-0.39, 0.29) is 30.3 Å². The van der Waals surface area contributed by atoms with E-state index in [4.69, 9.17) is 4.74 Å². The second-order valence-corrected chi connectivity index (χ2v) is 6.36. The molecule has 0 aromatic carbocycles. The first-order chi connectivity index (χ1) is 12.5. The summed E-state index contributed by atoms with van der Waals surface area (Å²) in [5.41, 5.74) is 2.80. The molecule has 1 atom stereocenters. The third kappa shape index (κ3) is 3.66. The van der Waals surface area contributed by atoms with Crippen molar-refractivity contribution in [3.05, 3.63) is 29.2 Å². The molecule has 0 aliphatic carbocycles. The lowest BCUT2D eigenvalue weighted by molar-refractivity contribution is -0.140. The van der Waals surface area contributed by atoms with E-state index in [0.717, 1.165) is 16.8 Å². The molecule has 26 heavy (non-hydrogen) atoms. The Bertz CT molecular complexity index is 799. The van der Waals surface area contributed by atoms with E-state index in [9.17, 15) is 9.59 Å².